The molecule has 1 aromatic carbocycles. The Morgan fingerprint density at radius 3 is 3.14 bits per heavy atom. The zero-order chi connectivity index (χ0) is 9.97. The number of benzene rings is 1. The average molecular weight is 256 g/mol. The van der Waals surface area contributed by atoms with Gasteiger partial charge in [-0.25, -0.2) is 0 Å². The van der Waals surface area contributed by atoms with E-state index in [1.807, 2.05) is 0 Å². The van der Waals surface area contributed by atoms with Crippen LogP contribution in [-0.2, 0) is 6.42 Å². The van der Waals surface area contributed by atoms with Crippen molar-refractivity contribution in [2.45, 2.75) is 12.8 Å². The van der Waals surface area contributed by atoms with Crippen LogP contribution in [-0.4, -0.2) is 19.1 Å². The summed E-state index contributed by atoms with van der Waals surface area (Å²) in [6.45, 7) is 0.862. The molecule has 0 saturated heterocycles. The van der Waals surface area contributed by atoms with Gasteiger partial charge in [-0.2, -0.15) is 0 Å². The van der Waals surface area contributed by atoms with Crippen molar-refractivity contribution >= 4 is 21.6 Å². The molecule has 0 spiro atoms. The van der Waals surface area contributed by atoms with Gasteiger partial charge in [0.15, 0.2) is 0 Å². The molecule has 0 atom stereocenters. The fraction of sp³-hybridized carbons (Fsp3) is 0.455. The lowest BCUT2D eigenvalue weighted by molar-refractivity contribution is 0.288. The lowest BCUT2D eigenvalue weighted by Crippen LogP contribution is -2.15. The van der Waals surface area contributed by atoms with Crippen molar-refractivity contribution < 1.29 is 4.74 Å². The van der Waals surface area contributed by atoms with Crippen molar-refractivity contribution in [3.8, 4) is 5.75 Å². The monoisotopic (exact) mass is 255 g/mol. The van der Waals surface area contributed by atoms with Crippen molar-refractivity contribution in [1.29, 1.82) is 0 Å². The first-order valence-electron chi connectivity index (χ1n) is 4.84. The molecule has 1 heterocycles. The number of hydrogen-bond donors (Lipinski definition) is 0. The molecular formula is C11H14BrNO. The maximum Gasteiger partial charge on any atom is 0.122 e. The van der Waals surface area contributed by atoms with Gasteiger partial charge < -0.3 is 9.64 Å². The Bertz CT molecular complexity index is 327. The first kappa shape index (κ1) is 9.84. The first-order chi connectivity index (χ1) is 6.81. The quantitative estimate of drug-likeness (QED) is 0.596. The van der Waals surface area contributed by atoms with E-state index >= 15 is 0 Å². The molecule has 0 bridgehead atoms. The van der Waals surface area contributed by atoms with Crippen LogP contribution >= 0.6 is 15.9 Å². The van der Waals surface area contributed by atoms with Gasteiger partial charge in [-0.15, -0.1) is 0 Å². The molecule has 1 aliphatic heterocycles. The third-order valence-electron chi connectivity index (χ3n) is 2.51. The molecule has 3 heteroatoms. The predicted molar refractivity (Wildman–Crippen MR) is 62.5 cm³/mol. The van der Waals surface area contributed by atoms with E-state index in [1.54, 1.807) is 0 Å². The van der Waals surface area contributed by atoms with Crippen molar-refractivity contribution in [2.24, 2.45) is 0 Å². The van der Waals surface area contributed by atoms with Crippen LogP contribution < -0.4 is 9.64 Å². The summed E-state index contributed by atoms with van der Waals surface area (Å²) in [7, 11) is 2.07. The second kappa shape index (κ2) is 4.22. The molecular weight excluding hydrogens is 242 g/mol. The van der Waals surface area contributed by atoms with Gasteiger partial charge in [-0.05, 0) is 36.6 Å². The van der Waals surface area contributed by atoms with Crippen LogP contribution in [0, 0.1) is 0 Å². The van der Waals surface area contributed by atoms with Crippen LogP contribution in [0.3, 0.4) is 0 Å². The molecule has 1 aromatic rings. The SMILES string of the molecule is CN(CBr)c1ccc2c(c1)CCCO2. The van der Waals surface area contributed by atoms with E-state index < -0.39 is 0 Å². The van der Waals surface area contributed by atoms with Crippen LogP contribution in [0.25, 0.3) is 0 Å². The third kappa shape index (κ3) is 1.87. The van der Waals surface area contributed by atoms with Crippen molar-refractivity contribution in [2.75, 3.05) is 24.0 Å². The number of fused-ring (bicyclic) bond motifs is 1. The van der Waals surface area contributed by atoms with Crippen molar-refractivity contribution in [3.63, 3.8) is 0 Å². The van der Waals surface area contributed by atoms with E-state index in [9.17, 15) is 0 Å². The van der Waals surface area contributed by atoms with Gasteiger partial charge in [-0.1, -0.05) is 15.9 Å². The fourth-order valence-electron chi connectivity index (χ4n) is 1.65. The number of nitrogens with zero attached hydrogens (tertiary/aromatic N) is 1. The van der Waals surface area contributed by atoms with E-state index in [4.69, 9.17) is 4.74 Å². The Kier molecular flexibility index (Phi) is 2.96. The zero-order valence-electron chi connectivity index (χ0n) is 8.29. The molecule has 0 saturated carbocycles. The van der Waals surface area contributed by atoms with Gasteiger partial charge in [0.25, 0.3) is 0 Å². The normalized spacial score (nSPS) is 14.4. The van der Waals surface area contributed by atoms with Gasteiger partial charge in [0, 0.05) is 12.7 Å². The smallest absolute Gasteiger partial charge is 0.122 e. The summed E-state index contributed by atoms with van der Waals surface area (Å²) in [5.74, 6) is 1.06. The molecule has 0 aromatic heterocycles. The highest BCUT2D eigenvalue weighted by Gasteiger charge is 2.11. The maximum absolute atomic E-state index is 5.56. The minimum atomic E-state index is 0.854. The molecule has 0 N–H and O–H groups in total. The molecule has 0 radical (unpaired) electrons. The molecule has 2 nitrogen and oxygen atoms in total. The second-order valence-corrected chi connectivity index (χ2v) is 4.06. The lowest BCUT2D eigenvalue weighted by Gasteiger charge is -2.21. The van der Waals surface area contributed by atoms with E-state index in [1.165, 1.54) is 11.3 Å². The molecule has 0 amide bonds. The van der Waals surface area contributed by atoms with Crippen LogP contribution in [0.15, 0.2) is 18.2 Å². The number of hydrogen-bond acceptors (Lipinski definition) is 2. The molecule has 0 unspecified atom stereocenters. The summed E-state index contributed by atoms with van der Waals surface area (Å²) in [6.07, 6.45) is 2.27. The van der Waals surface area contributed by atoms with Crippen LogP contribution in [0.2, 0.25) is 0 Å². The molecule has 0 fully saturated rings. The van der Waals surface area contributed by atoms with Gasteiger partial charge >= 0.3 is 0 Å². The molecule has 1 aliphatic rings. The number of aryl methyl sites for hydroxylation is 1. The number of rotatable bonds is 2. The summed E-state index contributed by atoms with van der Waals surface area (Å²) in [5, 5.41) is 0. The van der Waals surface area contributed by atoms with E-state index in [0.717, 1.165) is 30.7 Å². The van der Waals surface area contributed by atoms with Crippen LogP contribution in [0.1, 0.15) is 12.0 Å². The Morgan fingerprint density at radius 1 is 1.50 bits per heavy atom. The molecule has 2 rings (SSSR count). The Morgan fingerprint density at radius 2 is 2.36 bits per heavy atom. The van der Waals surface area contributed by atoms with Gasteiger partial charge in [0.05, 0.1) is 12.1 Å². The maximum atomic E-state index is 5.56. The third-order valence-corrected chi connectivity index (χ3v) is 3.26. The number of alkyl halides is 1. The summed E-state index contributed by atoms with van der Waals surface area (Å²) in [6, 6.07) is 6.39. The summed E-state index contributed by atoms with van der Waals surface area (Å²) < 4.78 is 5.56. The van der Waals surface area contributed by atoms with Crippen molar-refractivity contribution in [3.05, 3.63) is 23.8 Å². The highest BCUT2D eigenvalue weighted by atomic mass is 79.9. The Labute approximate surface area is 93.0 Å². The first-order valence-corrected chi connectivity index (χ1v) is 5.96. The largest absolute Gasteiger partial charge is 0.493 e. The van der Waals surface area contributed by atoms with E-state index in [0.29, 0.717) is 0 Å². The van der Waals surface area contributed by atoms with E-state index in [2.05, 4.69) is 46.1 Å². The summed E-state index contributed by atoms with van der Waals surface area (Å²) in [4.78, 5) is 2.16. The average Bonchev–Trinajstić information content (AvgIpc) is 2.27. The predicted octanol–water partition coefficient (Wildman–Crippen LogP) is 2.80. The van der Waals surface area contributed by atoms with Crippen LogP contribution in [0.5, 0.6) is 5.75 Å². The summed E-state index contributed by atoms with van der Waals surface area (Å²) >= 11 is 3.44. The molecule has 0 aliphatic carbocycles. The minimum Gasteiger partial charge on any atom is -0.493 e. The number of anilines is 1. The number of ether oxygens (including phenoxy) is 1. The minimum absolute atomic E-state index is 0.854. The zero-order valence-corrected chi connectivity index (χ0v) is 9.88. The second-order valence-electron chi connectivity index (χ2n) is 3.56. The van der Waals surface area contributed by atoms with Gasteiger partial charge in [-0.3, -0.25) is 0 Å². The lowest BCUT2D eigenvalue weighted by atomic mass is 10.1. The van der Waals surface area contributed by atoms with Crippen LogP contribution in [0.4, 0.5) is 5.69 Å². The summed E-state index contributed by atoms with van der Waals surface area (Å²) in [5.41, 5.74) is 3.43. The van der Waals surface area contributed by atoms with Gasteiger partial charge in [0.2, 0.25) is 0 Å². The number of halogens is 1. The Hall–Kier alpha value is -0.700. The fourth-order valence-corrected chi connectivity index (χ4v) is 1.94. The highest BCUT2D eigenvalue weighted by molar-refractivity contribution is 9.09. The topological polar surface area (TPSA) is 12.5 Å². The van der Waals surface area contributed by atoms with Crippen molar-refractivity contribution in [1.82, 2.24) is 0 Å². The standard InChI is InChI=1S/C11H14BrNO/c1-13(8-12)10-4-5-11-9(7-10)3-2-6-14-11/h4-5,7H,2-3,6,8H2,1H3. The molecule has 76 valence electrons. The van der Waals surface area contributed by atoms with E-state index in [-0.39, 0.29) is 0 Å². The Balaban J connectivity index is 2.29. The highest BCUT2D eigenvalue weighted by Crippen LogP contribution is 2.28. The van der Waals surface area contributed by atoms with Gasteiger partial charge in [0.1, 0.15) is 5.75 Å². The molecule has 14 heavy (non-hydrogen) atoms.